The Bertz CT molecular complexity index is 575. The van der Waals surface area contributed by atoms with E-state index in [0.29, 0.717) is 27.0 Å². The van der Waals surface area contributed by atoms with E-state index in [2.05, 4.69) is 0 Å². The lowest BCUT2D eigenvalue weighted by atomic mass is 10.2. The second-order valence-corrected chi connectivity index (χ2v) is 5.58. The van der Waals surface area contributed by atoms with Crippen molar-refractivity contribution in [3.63, 3.8) is 0 Å². The van der Waals surface area contributed by atoms with Crippen molar-refractivity contribution in [1.82, 2.24) is 0 Å². The molecule has 0 atom stereocenters. The average Bonchev–Trinajstić information content (AvgIpc) is 2.32. The molecule has 0 aliphatic rings. The molecule has 1 nitrogen and oxygen atoms in total. The van der Waals surface area contributed by atoms with E-state index < -0.39 is 0 Å². The first kappa shape index (κ1) is 13.5. The maximum Gasteiger partial charge on any atom is 0.127 e. The van der Waals surface area contributed by atoms with Crippen LogP contribution in [0.4, 0.5) is 10.1 Å². The molecule has 0 spiro atoms. The zero-order valence-electron chi connectivity index (χ0n) is 9.29. The van der Waals surface area contributed by atoms with Crippen molar-refractivity contribution in [2.75, 3.05) is 5.73 Å². The van der Waals surface area contributed by atoms with Gasteiger partial charge in [0.25, 0.3) is 0 Å². The van der Waals surface area contributed by atoms with Crippen LogP contribution in [0.25, 0.3) is 0 Å². The molecule has 0 aliphatic carbocycles. The molecule has 0 heterocycles. The Morgan fingerprint density at radius 1 is 1.11 bits per heavy atom. The third-order valence-corrected chi connectivity index (χ3v) is 4.13. The maximum atomic E-state index is 13.5. The van der Waals surface area contributed by atoms with Crippen LogP contribution in [0, 0.1) is 5.82 Å². The van der Waals surface area contributed by atoms with E-state index >= 15 is 0 Å². The van der Waals surface area contributed by atoms with Crippen molar-refractivity contribution in [1.29, 1.82) is 0 Å². The van der Waals surface area contributed by atoms with E-state index in [0.717, 1.165) is 4.90 Å². The second-order valence-electron chi connectivity index (χ2n) is 3.71. The van der Waals surface area contributed by atoms with Crippen LogP contribution in [0.5, 0.6) is 0 Å². The van der Waals surface area contributed by atoms with Crippen LogP contribution >= 0.6 is 35.0 Å². The molecular weight excluding hydrogens is 292 g/mol. The number of hydrogen-bond donors (Lipinski definition) is 1. The Morgan fingerprint density at radius 2 is 1.89 bits per heavy atom. The normalized spacial score (nSPS) is 10.6. The summed E-state index contributed by atoms with van der Waals surface area (Å²) in [6.07, 6.45) is 0. The molecule has 0 amide bonds. The summed E-state index contributed by atoms with van der Waals surface area (Å²) in [5.74, 6) is 0.203. The Balaban J connectivity index is 2.13. The van der Waals surface area contributed by atoms with Gasteiger partial charge in [-0.2, -0.15) is 0 Å². The van der Waals surface area contributed by atoms with Gasteiger partial charge in [0.2, 0.25) is 0 Å². The van der Waals surface area contributed by atoms with Crippen molar-refractivity contribution in [2.24, 2.45) is 0 Å². The summed E-state index contributed by atoms with van der Waals surface area (Å²) in [6, 6.07) is 9.78. The van der Waals surface area contributed by atoms with E-state index in [1.807, 2.05) is 6.07 Å². The van der Waals surface area contributed by atoms with Crippen LogP contribution in [0.15, 0.2) is 41.3 Å². The first-order valence-electron chi connectivity index (χ1n) is 5.18. The summed E-state index contributed by atoms with van der Waals surface area (Å²) in [5, 5.41) is 1.10. The summed E-state index contributed by atoms with van der Waals surface area (Å²) in [6.45, 7) is 0. The Labute approximate surface area is 119 Å². The Hall–Kier alpha value is -0.900. The lowest BCUT2D eigenvalue weighted by molar-refractivity contribution is 0.617. The lowest BCUT2D eigenvalue weighted by Crippen LogP contribution is -1.89. The molecule has 2 N–H and O–H groups in total. The van der Waals surface area contributed by atoms with E-state index in [1.54, 1.807) is 18.2 Å². The third kappa shape index (κ3) is 3.31. The summed E-state index contributed by atoms with van der Waals surface area (Å²) >= 11 is 13.3. The Kier molecular flexibility index (Phi) is 4.38. The fraction of sp³-hybridized carbons (Fsp3) is 0.0769. The van der Waals surface area contributed by atoms with Gasteiger partial charge in [0.1, 0.15) is 5.82 Å². The van der Waals surface area contributed by atoms with Gasteiger partial charge in [-0.15, -0.1) is 11.8 Å². The molecule has 2 aromatic carbocycles. The largest absolute Gasteiger partial charge is 0.399 e. The smallest absolute Gasteiger partial charge is 0.127 e. The molecule has 0 aromatic heterocycles. The molecular formula is C13H10Cl2FNS. The van der Waals surface area contributed by atoms with Crippen LogP contribution in [-0.4, -0.2) is 0 Å². The molecule has 0 fully saturated rings. The van der Waals surface area contributed by atoms with E-state index in [1.165, 1.54) is 23.9 Å². The van der Waals surface area contributed by atoms with Gasteiger partial charge in [-0.25, -0.2) is 4.39 Å². The van der Waals surface area contributed by atoms with Gasteiger partial charge in [-0.1, -0.05) is 23.2 Å². The number of hydrogen-bond acceptors (Lipinski definition) is 2. The van der Waals surface area contributed by atoms with Crippen molar-refractivity contribution >= 4 is 40.7 Å². The highest BCUT2D eigenvalue weighted by atomic mass is 35.5. The first-order chi connectivity index (χ1) is 8.56. The predicted molar refractivity (Wildman–Crippen MR) is 76.8 cm³/mol. The van der Waals surface area contributed by atoms with Crippen molar-refractivity contribution < 1.29 is 4.39 Å². The van der Waals surface area contributed by atoms with E-state index in [9.17, 15) is 4.39 Å². The third-order valence-electron chi connectivity index (χ3n) is 2.35. The average molecular weight is 302 g/mol. The van der Waals surface area contributed by atoms with Crippen LogP contribution in [0.1, 0.15) is 5.56 Å². The SMILES string of the molecule is Nc1ccc(SCc2cc(Cl)ccc2F)c(Cl)c1. The molecule has 0 saturated heterocycles. The van der Waals surface area contributed by atoms with Crippen LogP contribution in [0.3, 0.4) is 0 Å². The zero-order chi connectivity index (χ0) is 13.1. The monoisotopic (exact) mass is 301 g/mol. The molecule has 2 rings (SSSR count). The topological polar surface area (TPSA) is 26.0 Å². The van der Waals surface area contributed by atoms with Gasteiger partial charge in [0.05, 0.1) is 5.02 Å². The summed E-state index contributed by atoms with van der Waals surface area (Å²) in [4.78, 5) is 0.866. The summed E-state index contributed by atoms with van der Waals surface area (Å²) < 4.78 is 13.5. The molecule has 5 heteroatoms. The highest BCUT2D eigenvalue weighted by molar-refractivity contribution is 7.98. The second kappa shape index (κ2) is 5.83. The number of nitrogen functional groups attached to an aromatic ring is 1. The standard InChI is InChI=1S/C13H10Cl2FNS/c14-9-1-3-12(16)8(5-9)7-18-13-4-2-10(17)6-11(13)15/h1-6H,7,17H2. The van der Waals surface area contributed by atoms with E-state index in [-0.39, 0.29) is 5.82 Å². The molecule has 0 bridgehead atoms. The van der Waals surface area contributed by atoms with Gasteiger partial charge in [0.15, 0.2) is 0 Å². The van der Waals surface area contributed by atoms with Crippen LogP contribution < -0.4 is 5.73 Å². The van der Waals surface area contributed by atoms with Crippen molar-refractivity contribution in [3.05, 3.63) is 57.8 Å². The Morgan fingerprint density at radius 3 is 2.61 bits per heavy atom. The van der Waals surface area contributed by atoms with Crippen LogP contribution in [-0.2, 0) is 5.75 Å². The number of anilines is 1. The first-order valence-corrected chi connectivity index (χ1v) is 6.92. The molecule has 0 radical (unpaired) electrons. The fourth-order valence-corrected chi connectivity index (χ4v) is 2.88. The quantitative estimate of drug-likeness (QED) is 0.637. The molecule has 94 valence electrons. The minimum atomic E-state index is -0.265. The van der Waals surface area contributed by atoms with E-state index in [4.69, 9.17) is 28.9 Å². The number of nitrogens with two attached hydrogens (primary N) is 1. The van der Waals surface area contributed by atoms with Crippen molar-refractivity contribution in [3.8, 4) is 0 Å². The lowest BCUT2D eigenvalue weighted by Gasteiger charge is -2.06. The number of benzene rings is 2. The summed E-state index contributed by atoms with van der Waals surface area (Å²) in [5.41, 5.74) is 6.77. The number of halogens is 3. The number of rotatable bonds is 3. The molecule has 0 aliphatic heterocycles. The predicted octanol–water partition coefficient (Wildman–Crippen LogP) is 5.01. The van der Waals surface area contributed by atoms with Gasteiger partial charge >= 0.3 is 0 Å². The highest BCUT2D eigenvalue weighted by Gasteiger charge is 2.06. The van der Waals surface area contributed by atoms with Crippen molar-refractivity contribution in [2.45, 2.75) is 10.6 Å². The van der Waals surface area contributed by atoms with Gasteiger partial charge in [-0.05, 0) is 42.0 Å². The zero-order valence-corrected chi connectivity index (χ0v) is 11.6. The molecule has 0 saturated carbocycles. The fourth-order valence-electron chi connectivity index (χ4n) is 1.44. The van der Waals surface area contributed by atoms with Crippen LogP contribution in [0.2, 0.25) is 10.0 Å². The molecule has 0 unspecified atom stereocenters. The summed E-state index contributed by atoms with van der Waals surface area (Å²) in [7, 11) is 0. The molecule has 2 aromatic rings. The highest BCUT2D eigenvalue weighted by Crippen LogP contribution is 2.32. The maximum absolute atomic E-state index is 13.5. The van der Waals surface area contributed by atoms with Gasteiger partial charge < -0.3 is 5.73 Å². The van der Waals surface area contributed by atoms with Gasteiger partial charge in [-0.3, -0.25) is 0 Å². The minimum Gasteiger partial charge on any atom is -0.399 e. The molecule has 18 heavy (non-hydrogen) atoms. The number of thioether (sulfide) groups is 1. The van der Waals surface area contributed by atoms with Gasteiger partial charge in [0, 0.05) is 21.4 Å². The minimum absolute atomic E-state index is 0.265.